The molecule has 1 fully saturated rings. The molecule has 6 heteroatoms. The summed E-state index contributed by atoms with van der Waals surface area (Å²) in [6, 6.07) is 0. The predicted octanol–water partition coefficient (Wildman–Crippen LogP) is 5.81. The van der Waals surface area contributed by atoms with Crippen molar-refractivity contribution in [2.75, 3.05) is 79.0 Å². The van der Waals surface area contributed by atoms with E-state index in [1.807, 2.05) is 0 Å². The summed E-state index contributed by atoms with van der Waals surface area (Å²) < 4.78 is 17.2. The number of hydrogen-bond acceptors (Lipinski definition) is 6. The quantitative estimate of drug-likeness (QED) is 0.225. The Bertz CT molecular complexity index is 439. The molecular weight excluding hydrogens is 452 g/mol. The third-order valence-electron chi connectivity index (χ3n) is 7.44. The monoisotopic (exact) mass is 514 g/mol. The van der Waals surface area contributed by atoms with E-state index in [0.29, 0.717) is 26.4 Å². The Labute approximate surface area is 224 Å². The van der Waals surface area contributed by atoms with Gasteiger partial charge in [0, 0.05) is 44.7 Å². The normalized spacial score (nSPS) is 19.4. The summed E-state index contributed by atoms with van der Waals surface area (Å²) in [6.45, 7) is 13.3. The van der Waals surface area contributed by atoms with Gasteiger partial charge in [0.1, 0.15) is 0 Å². The van der Waals surface area contributed by atoms with Gasteiger partial charge in [-0.05, 0) is 6.42 Å². The summed E-state index contributed by atoms with van der Waals surface area (Å²) in [6.07, 6.45) is 20.4. The second-order valence-corrected chi connectivity index (χ2v) is 11.2. The summed E-state index contributed by atoms with van der Waals surface area (Å²) in [4.78, 5) is 2.41. The summed E-state index contributed by atoms with van der Waals surface area (Å²) in [5.74, 6) is 0. The Morgan fingerprint density at radius 2 is 1.08 bits per heavy atom. The van der Waals surface area contributed by atoms with Crippen LogP contribution in [-0.4, -0.2) is 89.0 Å². The van der Waals surface area contributed by atoms with Crippen molar-refractivity contribution < 1.29 is 19.3 Å². The van der Waals surface area contributed by atoms with Crippen molar-refractivity contribution in [3.63, 3.8) is 0 Å². The highest BCUT2D eigenvalue weighted by Crippen LogP contribution is 2.26. The summed E-state index contributed by atoms with van der Waals surface area (Å²) >= 11 is 0. The first-order valence-electron chi connectivity index (χ1n) is 15.5. The SMILES string of the molecule is CCCCCCCCCCCCCCCCC(C)(CO)CN1CCOCCNCCOCCOCC1. The minimum absolute atomic E-state index is 0.0648. The largest absolute Gasteiger partial charge is 0.396 e. The number of hydrogen-bond donors (Lipinski definition) is 2. The molecule has 2 N–H and O–H groups in total. The Morgan fingerprint density at radius 1 is 0.639 bits per heavy atom. The highest BCUT2D eigenvalue weighted by molar-refractivity contribution is 4.78. The number of unbranched alkanes of at least 4 members (excludes halogenated alkanes) is 13. The number of ether oxygens (including phenoxy) is 3. The van der Waals surface area contributed by atoms with Gasteiger partial charge < -0.3 is 24.6 Å². The van der Waals surface area contributed by atoms with Gasteiger partial charge in [-0.3, -0.25) is 4.90 Å². The molecule has 0 aromatic rings. The Hall–Kier alpha value is -0.240. The maximum absolute atomic E-state index is 10.2. The lowest BCUT2D eigenvalue weighted by Crippen LogP contribution is -2.41. The lowest BCUT2D eigenvalue weighted by atomic mass is 9.84. The van der Waals surface area contributed by atoms with Crippen molar-refractivity contribution in [3.05, 3.63) is 0 Å². The van der Waals surface area contributed by atoms with Gasteiger partial charge in [0.05, 0.1) is 39.6 Å². The van der Waals surface area contributed by atoms with Crippen LogP contribution in [0.15, 0.2) is 0 Å². The zero-order chi connectivity index (χ0) is 26.0. The molecule has 0 bridgehead atoms. The van der Waals surface area contributed by atoms with E-state index in [1.165, 1.54) is 89.9 Å². The van der Waals surface area contributed by atoms with Crippen LogP contribution in [0.1, 0.15) is 110 Å². The molecule has 0 aromatic heterocycles. The molecular formula is C30H62N2O4. The van der Waals surface area contributed by atoms with Crippen molar-refractivity contribution in [1.29, 1.82) is 0 Å². The van der Waals surface area contributed by atoms with Crippen LogP contribution in [0.4, 0.5) is 0 Å². The Balaban J connectivity index is 2.16. The van der Waals surface area contributed by atoms with Crippen LogP contribution in [0.25, 0.3) is 0 Å². The van der Waals surface area contributed by atoms with E-state index in [0.717, 1.165) is 52.4 Å². The van der Waals surface area contributed by atoms with E-state index in [2.05, 4.69) is 24.1 Å². The molecule has 1 atom stereocenters. The van der Waals surface area contributed by atoms with E-state index in [-0.39, 0.29) is 12.0 Å². The topological polar surface area (TPSA) is 63.2 Å². The molecule has 1 saturated heterocycles. The summed E-state index contributed by atoms with van der Waals surface area (Å²) in [5, 5.41) is 13.6. The minimum atomic E-state index is -0.0648. The van der Waals surface area contributed by atoms with Crippen molar-refractivity contribution in [1.82, 2.24) is 10.2 Å². The van der Waals surface area contributed by atoms with Crippen LogP contribution >= 0.6 is 0 Å². The highest BCUT2D eigenvalue weighted by Gasteiger charge is 2.26. The van der Waals surface area contributed by atoms with E-state index >= 15 is 0 Å². The average molecular weight is 515 g/mol. The van der Waals surface area contributed by atoms with Gasteiger partial charge in [-0.1, -0.05) is 104 Å². The van der Waals surface area contributed by atoms with E-state index in [1.54, 1.807) is 0 Å². The zero-order valence-electron chi connectivity index (χ0n) is 24.2. The van der Waals surface area contributed by atoms with Crippen LogP contribution < -0.4 is 5.32 Å². The first-order valence-corrected chi connectivity index (χ1v) is 15.5. The van der Waals surface area contributed by atoms with E-state index < -0.39 is 0 Å². The molecule has 1 aliphatic heterocycles. The molecule has 36 heavy (non-hydrogen) atoms. The Kier molecular flexibility index (Phi) is 23.5. The third-order valence-corrected chi connectivity index (χ3v) is 7.44. The number of rotatable bonds is 18. The molecule has 1 rings (SSSR count). The molecule has 0 saturated carbocycles. The highest BCUT2D eigenvalue weighted by atomic mass is 16.5. The summed E-state index contributed by atoms with van der Waals surface area (Å²) in [5.41, 5.74) is -0.0648. The molecule has 0 radical (unpaired) electrons. The fraction of sp³-hybridized carbons (Fsp3) is 1.00. The second-order valence-electron chi connectivity index (χ2n) is 11.2. The van der Waals surface area contributed by atoms with Crippen LogP contribution in [0.5, 0.6) is 0 Å². The van der Waals surface area contributed by atoms with Crippen molar-refractivity contribution in [2.45, 2.75) is 110 Å². The number of nitrogens with one attached hydrogen (secondary N) is 1. The van der Waals surface area contributed by atoms with Crippen LogP contribution in [-0.2, 0) is 14.2 Å². The van der Waals surface area contributed by atoms with Gasteiger partial charge in [0.2, 0.25) is 0 Å². The smallest absolute Gasteiger partial charge is 0.0701 e. The van der Waals surface area contributed by atoms with Crippen molar-refractivity contribution in [2.24, 2.45) is 5.41 Å². The molecule has 216 valence electrons. The fourth-order valence-electron chi connectivity index (χ4n) is 4.99. The van der Waals surface area contributed by atoms with Crippen molar-refractivity contribution in [3.8, 4) is 0 Å². The zero-order valence-corrected chi connectivity index (χ0v) is 24.2. The van der Waals surface area contributed by atoms with Gasteiger partial charge in [-0.2, -0.15) is 0 Å². The average Bonchev–Trinajstić information content (AvgIpc) is 2.89. The first-order chi connectivity index (χ1) is 17.7. The lowest BCUT2D eigenvalue weighted by molar-refractivity contribution is 0.0206. The van der Waals surface area contributed by atoms with Gasteiger partial charge in [0.25, 0.3) is 0 Å². The Morgan fingerprint density at radius 3 is 1.58 bits per heavy atom. The number of nitrogens with zero attached hydrogens (tertiary/aromatic N) is 1. The van der Waals surface area contributed by atoms with E-state index in [9.17, 15) is 5.11 Å². The maximum atomic E-state index is 10.2. The standard InChI is InChI=1S/C30H62N2O4/c1-3-4-5-6-7-8-9-10-11-12-13-14-15-16-17-30(2,29-33)28-32-20-24-34-22-18-31-19-23-35-26-27-36-25-21-32/h31,33H,3-29H2,1-2H3. The van der Waals surface area contributed by atoms with Gasteiger partial charge in [-0.15, -0.1) is 0 Å². The molecule has 1 unspecified atom stereocenters. The molecule has 1 heterocycles. The second kappa shape index (κ2) is 25.1. The lowest BCUT2D eigenvalue weighted by Gasteiger charge is -2.34. The molecule has 0 spiro atoms. The van der Waals surface area contributed by atoms with Gasteiger partial charge in [0.15, 0.2) is 0 Å². The molecule has 0 aliphatic carbocycles. The van der Waals surface area contributed by atoms with Crippen LogP contribution in [0, 0.1) is 5.41 Å². The first kappa shape index (κ1) is 33.8. The minimum Gasteiger partial charge on any atom is -0.396 e. The van der Waals surface area contributed by atoms with Gasteiger partial charge in [-0.25, -0.2) is 0 Å². The van der Waals surface area contributed by atoms with Gasteiger partial charge >= 0.3 is 0 Å². The summed E-state index contributed by atoms with van der Waals surface area (Å²) in [7, 11) is 0. The molecule has 0 amide bonds. The predicted molar refractivity (Wildman–Crippen MR) is 152 cm³/mol. The fourth-order valence-corrected chi connectivity index (χ4v) is 4.99. The number of aliphatic hydroxyl groups is 1. The number of aliphatic hydroxyl groups excluding tert-OH is 1. The van der Waals surface area contributed by atoms with E-state index in [4.69, 9.17) is 14.2 Å². The third kappa shape index (κ3) is 20.8. The molecule has 0 aromatic carbocycles. The van der Waals surface area contributed by atoms with Crippen molar-refractivity contribution >= 4 is 0 Å². The van der Waals surface area contributed by atoms with Crippen LogP contribution in [0.3, 0.4) is 0 Å². The van der Waals surface area contributed by atoms with Crippen LogP contribution in [0.2, 0.25) is 0 Å². The molecule has 1 aliphatic rings. The molecule has 6 nitrogen and oxygen atoms in total. The maximum Gasteiger partial charge on any atom is 0.0701 e.